The van der Waals surface area contributed by atoms with Gasteiger partial charge in [0.1, 0.15) is 23.1 Å². The number of amides is 1. The summed E-state index contributed by atoms with van der Waals surface area (Å²) in [6, 6.07) is 21.6. The van der Waals surface area contributed by atoms with E-state index in [9.17, 15) is 9.18 Å². The Bertz CT molecular complexity index is 963. The first-order chi connectivity index (χ1) is 13.6. The molecule has 0 spiro atoms. The fourth-order valence-corrected chi connectivity index (χ4v) is 2.34. The van der Waals surface area contributed by atoms with Crippen molar-refractivity contribution in [2.45, 2.75) is 6.54 Å². The van der Waals surface area contributed by atoms with Gasteiger partial charge in [0.05, 0.1) is 11.6 Å². The highest BCUT2D eigenvalue weighted by molar-refractivity contribution is 5.77. The van der Waals surface area contributed by atoms with E-state index in [1.807, 2.05) is 18.2 Å². The van der Waals surface area contributed by atoms with Crippen molar-refractivity contribution in [3.8, 4) is 23.3 Å². The third-order valence-corrected chi connectivity index (χ3v) is 3.82. The van der Waals surface area contributed by atoms with Crippen LogP contribution in [0.25, 0.3) is 0 Å². The fourth-order valence-electron chi connectivity index (χ4n) is 2.34. The monoisotopic (exact) mass is 376 g/mol. The first kappa shape index (κ1) is 18.9. The zero-order valence-electron chi connectivity index (χ0n) is 14.9. The number of nitrogens with one attached hydrogen (secondary N) is 1. The molecule has 0 saturated heterocycles. The van der Waals surface area contributed by atoms with Crippen LogP contribution in [-0.2, 0) is 11.3 Å². The van der Waals surface area contributed by atoms with Crippen molar-refractivity contribution in [2.75, 3.05) is 6.61 Å². The molecule has 3 rings (SSSR count). The van der Waals surface area contributed by atoms with Crippen molar-refractivity contribution in [1.29, 1.82) is 5.26 Å². The quantitative estimate of drug-likeness (QED) is 0.671. The predicted molar refractivity (Wildman–Crippen MR) is 101 cm³/mol. The Morgan fingerprint density at radius 2 is 1.46 bits per heavy atom. The summed E-state index contributed by atoms with van der Waals surface area (Å²) in [5.41, 5.74) is 1.43. The molecular formula is C22H17FN2O3. The van der Waals surface area contributed by atoms with Crippen molar-refractivity contribution in [3.63, 3.8) is 0 Å². The lowest BCUT2D eigenvalue weighted by atomic mass is 10.2. The Labute approximate surface area is 162 Å². The lowest BCUT2D eigenvalue weighted by Gasteiger charge is -2.09. The number of carbonyl (C=O) groups is 1. The molecule has 0 aromatic heterocycles. The Hall–Kier alpha value is -3.85. The number of hydrogen-bond acceptors (Lipinski definition) is 4. The molecule has 0 unspecified atom stereocenters. The van der Waals surface area contributed by atoms with Crippen LogP contribution in [0.2, 0.25) is 0 Å². The topological polar surface area (TPSA) is 71.3 Å². The van der Waals surface area contributed by atoms with Crippen LogP contribution < -0.4 is 14.8 Å². The molecule has 28 heavy (non-hydrogen) atoms. The largest absolute Gasteiger partial charge is 0.484 e. The normalized spacial score (nSPS) is 10.0. The Kier molecular flexibility index (Phi) is 6.21. The zero-order chi connectivity index (χ0) is 19.8. The van der Waals surface area contributed by atoms with Crippen LogP contribution >= 0.6 is 0 Å². The van der Waals surface area contributed by atoms with Gasteiger partial charge in [0, 0.05) is 6.54 Å². The van der Waals surface area contributed by atoms with Gasteiger partial charge in [0.15, 0.2) is 6.61 Å². The highest BCUT2D eigenvalue weighted by atomic mass is 19.1. The maximum Gasteiger partial charge on any atom is 0.258 e. The smallest absolute Gasteiger partial charge is 0.258 e. The van der Waals surface area contributed by atoms with Gasteiger partial charge < -0.3 is 14.8 Å². The van der Waals surface area contributed by atoms with E-state index in [2.05, 4.69) is 5.32 Å². The van der Waals surface area contributed by atoms with Crippen LogP contribution in [-0.4, -0.2) is 12.5 Å². The van der Waals surface area contributed by atoms with Gasteiger partial charge in [-0.3, -0.25) is 4.79 Å². The number of benzene rings is 3. The summed E-state index contributed by atoms with van der Waals surface area (Å²) in [5.74, 6) is 1.11. The molecular weight excluding hydrogens is 359 g/mol. The lowest BCUT2D eigenvalue weighted by Crippen LogP contribution is -2.28. The molecule has 1 amide bonds. The van der Waals surface area contributed by atoms with Crippen molar-refractivity contribution in [3.05, 3.63) is 89.7 Å². The van der Waals surface area contributed by atoms with E-state index in [0.717, 1.165) is 5.56 Å². The Balaban J connectivity index is 1.44. The van der Waals surface area contributed by atoms with Gasteiger partial charge in [0.2, 0.25) is 0 Å². The molecule has 5 nitrogen and oxygen atoms in total. The van der Waals surface area contributed by atoms with Crippen LogP contribution in [0.15, 0.2) is 72.8 Å². The van der Waals surface area contributed by atoms with Gasteiger partial charge in [0.25, 0.3) is 5.91 Å². The Morgan fingerprint density at radius 3 is 2.07 bits per heavy atom. The molecule has 0 atom stereocenters. The van der Waals surface area contributed by atoms with Gasteiger partial charge in [-0.25, -0.2) is 4.39 Å². The number of ether oxygens (including phenoxy) is 2. The third kappa shape index (κ3) is 5.58. The fraction of sp³-hybridized carbons (Fsp3) is 0.0909. The molecule has 0 heterocycles. The third-order valence-electron chi connectivity index (χ3n) is 3.82. The highest BCUT2D eigenvalue weighted by Crippen LogP contribution is 2.21. The van der Waals surface area contributed by atoms with Crippen molar-refractivity contribution in [1.82, 2.24) is 5.32 Å². The highest BCUT2D eigenvalue weighted by Gasteiger charge is 2.04. The van der Waals surface area contributed by atoms with Crippen LogP contribution in [0.1, 0.15) is 11.1 Å². The molecule has 140 valence electrons. The summed E-state index contributed by atoms with van der Waals surface area (Å²) in [4.78, 5) is 11.9. The van der Waals surface area contributed by atoms with Crippen molar-refractivity contribution < 1.29 is 18.7 Å². The summed E-state index contributed by atoms with van der Waals surface area (Å²) < 4.78 is 23.9. The number of nitriles is 1. The summed E-state index contributed by atoms with van der Waals surface area (Å²) in [6.45, 7) is 0.240. The molecule has 0 aliphatic rings. The van der Waals surface area contributed by atoms with Gasteiger partial charge in [-0.05, 0) is 66.2 Å². The Morgan fingerprint density at radius 1 is 0.893 bits per heavy atom. The molecule has 3 aromatic carbocycles. The molecule has 6 heteroatoms. The van der Waals surface area contributed by atoms with E-state index < -0.39 is 0 Å². The van der Waals surface area contributed by atoms with Crippen molar-refractivity contribution in [2.24, 2.45) is 0 Å². The summed E-state index contributed by atoms with van der Waals surface area (Å²) in [7, 11) is 0. The molecule has 1 N–H and O–H groups in total. The van der Waals surface area contributed by atoms with Crippen LogP contribution in [0, 0.1) is 17.1 Å². The minimum atomic E-state index is -0.318. The average molecular weight is 376 g/mol. The van der Waals surface area contributed by atoms with Gasteiger partial charge in [-0.1, -0.05) is 12.1 Å². The summed E-state index contributed by atoms with van der Waals surface area (Å²) in [6.07, 6.45) is 0. The average Bonchev–Trinajstić information content (AvgIpc) is 2.74. The van der Waals surface area contributed by atoms with Crippen LogP contribution in [0.5, 0.6) is 17.2 Å². The summed E-state index contributed by atoms with van der Waals surface area (Å²) in [5, 5.41) is 11.5. The molecule has 0 aliphatic carbocycles. The zero-order valence-corrected chi connectivity index (χ0v) is 14.9. The SMILES string of the molecule is N#Cc1ccc(OCC(=O)NCc2ccc(Oc3ccc(F)cc3)cc2)cc1. The molecule has 0 radical (unpaired) electrons. The van der Waals surface area contributed by atoms with Gasteiger partial charge in [-0.15, -0.1) is 0 Å². The second-order valence-corrected chi connectivity index (χ2v) is 5.90. The molecule has 0 aliphatic heterocycles. The minimum Gasteiger partial charge on any atom is -0.484 e. The lowest BCUT2D eigenvalue weighted by molar-refractivity contribution is -0.123. The summed E-state index contributed by atoms with van der Waals surface area (Å²) >= 11 is 0. The second-order valence-electron chi connectivity index (χ2n) is 5.90. The van der Waals surface area contributed by atoms with Gasteiger partial charge in [-0.2, -0.15) is 5.26 Å². The molecule has 3 aromatic rings. The van der Waals surface area contributed by atoms with E-state index in [-0.39, 0.29) is 18.3 Å². The van der Waals surface area contributed by atoms with Crippen molar-refractivity contribution >= 4 is 5.91 Å². The van der Waals surface area contributed by atoms with E-state index in [1.165, 1.54) is 12.1 Å². The van der Waals surface area contributed by atoms with Gasteiger partial charge >= 0.3 is 0 Å². The molecule has 0 bridgehead atoms. The standard InChI is InChI=1S/C22H17FN2O3/c23-18-5-11-21(12-6-18)28-20-9-3-17(4-10-20)14-25-22(26)15-27-19-7-1-16(13-24)2-8-19/h1-12H,14-15H2,(H,25,26). The van der Waals surface area contributed by atoms with Crippen LogP contribution in [0.4, 0.5) is 4.39 Å². The predicted octanol–water partition coefficient (Wildman–Crippen LogP) is 4.18. The number of carbonyl (C=O) groups excluding carboxylic acids is 1. The van der Waals surface area contributed by atoms with Crippen LogP contribution in [0.3, 0.4) is 0 Å². The minimum absolute atomic E-state index is 0.113. The maximum atomic E-state index is 12.9. The second kappa shape index (κ2) is 9.19. The van der Waals surface area contributed by atoms with E-state index in [4.69, 9.17) is 14.7 Å². The number of nitrogens with zero attached hydrogens (tertiary/aromatic N) is 1. The molecule has 0 saturated carbocycles. The number of hydrogen-bond donors (Lipinski definition) is 1. The number of halogens is 1. The maximum absolute atomic E-state index is 12.9. The first-order valence-electron chi connectivity index (χ1n) is 8.54. The first-order valence-corrected chi connectivity index (χ1v) is 8.54. The number of rotatable bonds is 7. The van der Waals surface area contributed by atoms with E-state index in [0.29, 0.717) is 29.4 Å². The molecule has 0 fully saturated rings. The van der Waals surface area contributed by atoms with E-state index >= 15 is 0 Å². The van der Waals surface area contributed by atoms with E-state index in [1.54, 1.807) is 48.5 Å².